The topological polar surface area (TPSA) is 103 Å². The summed E-state index contributed by atoms with van der Waals surface area (Å²) in [4.78, 5) is 14.4. The van der Waals surface area contributed by atoms with Crippen molar-refractivity contribution in [1.82, 2.24) is 10.3 Å². The Labute approximate surface area is 96.6 Å². The second-order valence-electron chi connectivity index (χ2n) is 3.68. The highest BCUT2D eigenvalue weighted by Gasteiger charge is 2.21. The van der Waals surface area contributed by atoms with Gasteiger partial charge in [-0.25, -0.2) is 9.78 Å². The van der Waals surface area contributed by atoms with Gasteiger partial charge in [-0.05, 0) is 6.92 Å². The lowest BCUT2D eigenvalue weighted by atomic mass is 10.1. The van der Waals surface area contributed by atoms with E-state index in [-0.39, 0.29) is 18.2 Å². The minimum Gasteiger partial charge on any atom is -0.476 e. The SMILES string of the molecule is CC(CO)(CO)NCc1csc(C(=O)O)n1. The van der Waals surface area contributed by atoms with E-state index in [0.29, 0.717) is 12.2 Å². The Morgan fingerprint density at radius 3 is 2.62 bits per heavy atom. The predicted molar refractivity (Wildman–Crippen MR) is 58.5 cm³/mol. The van der Waals surface area contributed by atoms with Gasteiger partial charge in [0.2, 0.25) is 5.01 Å². The number of aromatic carboxylic acids is 1. The molecule has 0 fully saturated rings. The van der Waals surface area contributed by atoms with E-state index in [9.17, 15) is 4.79 Å². The van der Waals surface area contributed by atoms with Gasteiger partial charge in [-0.3, -0.25) is 0 Å². The fourth-order valence-electron chi connectivity index (χ4n) is 0.952. The third-order valence-electron chi connectivity index (χ3n) is 2.13. The van der Waals surface area contributed by atoms with Crippen LogP contribution in [-0.4, -0.2) is 45.0 Å². The molecule has 0 unspecified atom stereocenters. The summed E-state index contributed by atoms with van der Waals surface area (Å²) in [6.45, 7) is 1.55. The lowest BCUT2D eigenvalue weighted by Crippen LogP contribution is -2.48. The molecule has 1 heterocycles. The highest BCUT2D eigenvalue weighted by molar-refractivity contribution is 7.11. The van der Waals surface area contributed by atoms with Crippen molar-refractivity contribution in [3.05, 3.63) is 16.1 Å². The van der Waals surface area contributed by atoms with Crippen molar-refractivity contribution in [2.75, 3.05) is 13.2 Å². The van der Waals surface area contributed by atoms with Crippen LogP contribution in [0.4, 0.5) is 0 Å². The molecule has 0 atom stereocenters. The van der Waals surface area contributed by atoms with Gasteiger partial charge in [-0.15, -0.1) is 11.3 Å². The quantitative estimate of drug-likeness (QED) is 0.548. The van der Waals surface area contributed by atoms with E-state index < -0.39 is 11.5 Å². The summed E-state index contributed by atoms with van der Waals surface area (Å²) in [5.41, 5.74) is -0.206. The number of carboxylic acids is 1. The molecule has 0 aromatic carbocycles. The number of nitrogens with zero attached hydrogens (tertiary/aromatic N) is 1. The van der Waals surface area contributed by atoms with Crippen LogP contribution in [0.2, 0.25) is 0 Å². The maximum Gasteiger partial charge on any atom is 0.365 e. The zero-order valence-electron chi connectivity index (χ0n) is 8.80. The molecule has 0 saturated heterocycles. The molecule has 0 aliphatic rings. The average molecular weight is 246 g/mol. The Morgan fingerprint density at radius 1 is 1.56 bits per heavy atom. The second kappa shape index (κ2) is 5.35. The van der Waals surface area contributed by atoms with Gasteiger partial charge in [0.25, 0.3) is 0 Å². The first-order chi connectivity index (χ1) is 7.50. The zero-order valence-corrected chi connectivity index (χ0v) is 9.62. The number of rotatable bonds is 6. The highest BCUT2D eigenvalue weighted by atomic mass is 32.1. The number of carboxylic acid groups (broad SMARTS) is 1. The largest absolute Gasteiger partial charge is 0.476 e. The average Bonchev–Trinajstić information content (AvgIpc) is 2.75. The van der Waals surface area contributed by atoms with E-state index in [0.717, 1.165) is 11.3 Å². The molecular weight excluding hydrogens is 232 g/mol. The van der Waals surface area contributed by atoms with E-state index in [1.165, 1.54) is 0 Å². The summed E-state index contributed by atoms with van der Waals surface area (Å²) in [5.74, 6) is -1.05. The van der Waals surface area contributed by atoms with Crippen molar-refractivity contribution < 1.29 is 20.1 Å². The Hall–Kier alpha value is -1.02. The summed E-state index contributed by atoms with van der Waals surface area (Å²) in [6, 6.07) is 0. The summed E-state index contributed by atoms with van der Waals surface area (Å²) in [6.07, 6.45) is 0. The highest BCUT2D eigenvalue weighted by Crippen LogP contribution is 2.10. The fraction of sp³-hybridized carbons (Fsp3) is 0.556. The number of hydrogen-bond donors (Lipinski definition) is 4. The van der Waals surface area contributed by atoms with Crippen LogP contribution in [0.15, 0.2) is 5.38 Å². The van der Waals surface area contributed by atoms with Gasteiger partial charge in [0.15, 0.2) is 0 Å². The molecule has 16 heavy (non-hydrogen) atoms. The number of hydrogen-bond acceptors (Lipinski definition) is 6. The van der Waals surface area contributed by atoms with Crippen molar-refractivity contribution in [3.8, 4) is 0 Å². The first kappa shape index (κ1) is 13.0. The van der Waals surface area contributed by atoms with Crippen LogP contribution in [0.25, 0.3) is 0 Å². The van der Waals surface area contributed by atoms with Crippen LogP contribution in [0.3, 0.4) is 0 Å². The molecule has 0 radical (unpaired) electrons. The van der Waals surface area contributed by atoms with E-state index in [4.69, 9.17) is 15.3 Å². The van der Waals surface area contributed by atoms with Gasteiger partial charge in [-0.2, -0.15) is 0 Å². The van der Waals surface area contributed by atoms with Crippen LogP contribution < -0.4 is 5.32 Å². The standard InChI is InChI=1S/C9H14N2O4S/c1-9(4-12,5-13)10-2-6-3-16-7(11-6)8(14)15/h3,10,12-13H,2,4-5H2,1H3,(H,14,15). The third-order valence-corrected chi connectivity index (χ3v) is 3.01. The van der Waals surface area contributed by atoms with E-state index in [1.807, 2.05) is 0 Å². The van der Waals surface area contributed by atoms with Crippen molar-refractivity contribution in [2.24, 2.45) is 0 Å². The number of aliphatic hydroxyl groups excluding tert-OH is 2. The predicted octanol–water partition coefficient (Wildman–Crippen LogP) is -0.326. The van der Waals surface area contributed by atoms with Crippen molar-refractivity contribution in [3.63, 3.8) is 0 Å². The molecule has 0 saturated carbocycles. The number of aromatic nitrogens is 1. The van der Waals surface area contributed by atoms with Gasteiger partial charge in [0.05, 0.1) is 24.4 Å². The first-order valence-electron chi connectivity index (χ1n) is 4.65. The smallest absolute Gasteiger partial charge is 0.365 e. The number of carbonyl (C=O) groups is 1. The van der Waals surface area contributed by atoms with Crippen LogP contribution in [0, 0.1) is 0 Å². The Balaban J connectivity index is 2.57. The second-order valence-corrected chi connectivity index (χ2v) is 4.54. The molecular formula is C9H14N2O4S. The number of nitrogens with one attached hydrogen (secondary N) is 1. The van der Waals surface area contributed by atoms with E-state index in [1.54, 1.807) is 12.3 Å². The first-order valence-corrected chi connectivity index (χ1v) is 5.53. The minimum absolute atomic E-state index is 0.0338. The van der Waals surface area contributed by atoms with Crippen LogP contribution in [0.1, 0.15) is 22.4 Å². The van der Waals surface area contributed by atoms with Crippen molar-refractivity contribution in [2.45, 2.75) is 19.0 Å². The molecule has 0 aliphatic heterocycles. The zero-order chi connectivity index (χ0) is 12.2. The van der Waals surface area contributed by atoms with E-state index >= 15 is 0 Å². The number of aliphatic hydroxyl groups is 2. The molecule has 90 valence electrons. The van der Waals surface area contributed by atoms with Crippen LogP contribution in [-0.2, 0) is 6.54 Å². The molecule has 0 bridgehead atoms. The number of thiazole rings is 1. The maximum absolute atomic E-state index is 10.6. The summed E-state index contributed by atoms with van der Waals surface area (Å²) < 4.78 is 0. The molecule has 0 amide bonds. The molecule has 4 N–H and O–H groups in total. The van der Waals surface area contributed by atoms with E-state index in [2.05, 4.69) is 10.3 Å². The normalized spacial score (nSPS) is 11.7. The monoisotopic (exact) mass is 246 g/mol. The molecule has 1 aromatic heterocycles. The van der Waals surface area contributed by atoms with Gasteiger partial charge < -0.3 is 20.6 Å². The van der Waals surface area contributed by atoms with Crippen molar-refractivity contribution in [1.29, 1.82) is 0 Å². The summed E-state index contributed by atoms with van der Waals surface area (Å²) in [7, 11) is 0. The van der Waals surface area contributed by atoms with Crippen molar-refractivity contribution >= 4 is 17.3 Å². The summed E-state index contributed by atoms with van der Waals surface area (Å²) in [5, 5.41) is 31.3. The lowest BCUT2D eigenvalue weighted by molar-refractivity contribution is 0.0696. The fourth-order valence-corrected chi connectivity index (χ4v) is 1.61. The molecule has 6 nitrogen and oxygen atoms in total. The molecule has 1 aromatic rings. The molecule has 7 heteroatoms. The summed E-state index contributed by atoms with van der Waals surface area (Å²) >= 11 is 1.05. The van der Waals surface area contributed by atoms with Gasteiger partial charge in [-0.1, -0.05) is 0 Å². The minimum atomic E-state index is -1.05. The third kappa shape index (κ3) is 3.24. The Morgan fingerprint density at radius 2 is 2.19 bits per heavy atom. The Kier molecular flexibility index (Phi) is 4.36. The van der Waals surface area contributed by atoms with Gasteiger partial charge >= 0.3 is 5.97 Å². The van der Waals surface area contributed by atoms with Gasteiger partial charge in [0, 0.05) is 11.9 Å². The Bertz CT molecular complexity index is 362. The lowest BCUT2D eigenvalue weighted by Gasteiger charge is -2.25. The molecule has 0 spiro atoms. The maximum atomic E-state index is 10.6. The molecule has 1 rings (SSSR count). The van der Waals surface area contributed by atoms with Gasteiger partial charge in [0.1, 0.15) is 0 Å². The molecule has 0 aliphatic carbocycles. The van der Waals surface area contributed by atoms with Crippen LogP contribution in [0.5, 0.6) is 0 Å². The van der Waals surface area contributed by atoms with Crippen LogP contribution >= 0.6 is 11.3 Å².